The third kappa shape index (κ3) is 4.39. The average Bonchev–Trinajstić information content (AvgIpc) is 1.97. The van der Waals surface area contributed by atoms with Gasteiger partial charge in [0.15, 0.2) is 0 Å². The first kappa shape index (κ1) is 11.8. The van der Waals surface area contributed by atoms with E-state index in [1.54, 1.807) is 0 Å². The molecule has 0 heterocycles. The lowest BCUT2D eigenvalue weighted by molar-refractivity contribution is -0.149. The van der Waals surface area contributed by atoms with Gasteiger partial charge in [-0.05, 0) is 6.92 Å². The minimum Gasteiger partial charge on any atom is -0.289 e. The number of hydrogen-bond acceptors (Lipinski definition) is 2. The molecule has 1 atom stereocenters. The molecule has 0 aliphatic carbocycles. The molecule has 3 nitrogen and oxygen atoms in total. The van der Waals surface area contributed by atoms with E-state index in [0.29, 0.717) is 6.21 Å². The fraction of sp³-hybridized carbons (Fsp3) is 0.571. The van der Waals surface area contributed by atoms with Gasteiger partial charge in [-0.15, -0.1) is 0 Å². The standard InChI is InChI=1S/C7H8F3NO2/c1-4(7(8,9)10)3-11-6(13)5(2)12/h3-4H,1-2H3. The van der Waals surface area contributed by atoms with Gasteiger partial charge >= 0.3 is 12.1 Å². The predicted molar refractivity (Wildman–Crippen MR) is 39.4 cm³/mol. The topological polar surface area (TPSA) is 46.5 Å². The fourth-order valence-electron chi connectivity index (χ4n) is 0.355. The van der Waals surface area contributed by atoms with Crippen molar-refractivity contribution in [2.45, 2.75) is 20.0 Å². The Kier molecular flexibility index (Phi) is 3.77. The van der Waals surface area contributed by atoms with Crippen molar-refractivity contribution in [1.29, 1.82) is 0 Å². The maximum absolute atomic E-state index is 11.8. The smallest absolute Gasteiger partial charge is 0.289 e. The average molecular weight is 195 g/mol. The van der Waals surface area contributed by atoms with Crippen LogP contribution >= 0.6 is 0 Å². The van der Waals surface area contributed by atoms with Gasteiger partial charge in [-0.2, -0.15) is 13.2 Å². The summed E-state index contributed by atoms with van der Waals surface area (Å²) in [6, 6.07) is 0. The van der Waals surface area contributed by atoms with Crippen molar-refractivity contribution in [1.82, 2.24) is 0 Å². The van der Waals surface area contributed by atoms with Crippen LogP contribution < -0.4 is 0 Å². The summed E-state index contributed by atoms with van der Waals surface area (Å²) < 4.78 is 35.4. The molecule has 0 saturated heterocycles. The molecule has 74 valence electrons. The van der Waals surface area contributed by atoms with Gasteiger partial charge in [-0.3, -0.25) is 9.59 Å². The van der Waals surface area contributed by atoms with Crippen molar-refractivity contribution in [3.8, 4) is 0 Å². The molecule has 0 aromatic heterocycles. The van der Waals surface area contributed by atoms with Crippen LogP contribution in [0.5, 0.6) is 0 Å². The Hall–Kier alpha value is -1.20. The lowest BCUT2D eigenvalue weighted by Gasteiger charge is -2.09. The Labute approximate surface area is 72.6 Å². The number of aliphatic imine (C=N–C) groups is 1. The maximum atomic E-state index is 11.8. The zero-order valence-corrected chi connectivity index (χ0v) is 7.05. The summed E-state index contributed by atoms with van der Waals surface area (Å²) in [5.41, 5.74) is 0. The highest BCUT2D eigenvalue weighted by atomic mass is 19.4. The highest BCUT2D eigenvalue weighted by Gasteiger charge is 2.34. The zero-order chi connectivity index (χ0) is 10.6. The summed E-state index contributed by atoms with van der Waals surface area (Å²) in [5.74, 6) is -3.88. The zero-order valence-electron chi connectivity index (χ0n) is 7.05. The van der Waals surface area contributed by atoms with Gasteiger partial charge in [0.2, 0.25) is 5.78 Å². The van der Waals surface area contributed by atoms with Gasteiger partial charge in [-0.1, -0.05) is 0 Å². The molecule has 1 amide bonds. The summed E-state index contributed by atoms with van der Waals surface area (Å²) in [7, 11) is 0. The number of halogens is 3. The Morgan fingerprint density at radius 2 is 1.85 bits per heavy atom. The quantitative estimate of drug-likeness (QED) is 0.493. The van der Waals surface area contributed by atoms with Crippen LogP contribution in [0.2, 0.25) is 0 Å². The molecule has 6 heteroatoms. The van der Waals surface area contributed by atoms with Crippen molar-refractivity contribution in [3.63, 3.8) is 0 Å². The minimum atomic E-state index is -4.43. The van der Waals surface area contributed by atoms with E-state index in [2.05, 4.69) is 4.99 Å². The van der Waals surface area contributed by atoms with Crippen molar-refractivity contribution < 1.29 is 22.8 Å². The molecule has 0 radical (unpaired) electrons. The van der Waals surface area contributed by atoms with Gasteiger partial charge in [0.1, 0.15) is 0 Å². The first-order chi connectivity index (χ1) is 5.75. The van der Waals surface area contributed by atoms with Crippen molar-refractivity contribution in [2.24, 2.45) is 10.9 Å². The maximum Gasteiger partial charge on any atom is 0.396 e. The number of carbonyl (C=O) groups excluding carboxylic acids is 2. The van der Waals surface area contributed by atoms with E-state index in [9.17, 15) is 22.8 Å². The summed E-state index contributed by atoms with van der Waals surface area (Å²) in [4.78, 5) is 23.6. The van der Waals surface area contributed by atoms with Gasteiger partial charge in [0.25, 0.3) is 0 Å². The first-order valence-corrected chi connectivity index (χ1v) is 3.41. The summed E-state index contributed by atoms with van der Waals surface area (Å²) in [6.07, 6.45) is -4.01. The number of nitrogens with zero attached hydrogens (tertiary/aromatic N) is 1. The molecule has 0 aliphatic heterocycles. The van der Waals surface area contributed by atoms with E-state index < -0.39 is 23.8 Å². The molecule has 1 unspecified atom stereocenters. The molecule has 0 bridgehead atoms. The van der Waals surface area contributed by atoms with E-state index in [1.807, 2.05) is 0 Å². The Morgan fingerprint density at radius 3 is 2.15 bits per heavy atom. The third-order valence-corrected chi connectivity index (χ3v) is 1.23. The SMILES string of the molecule is CC(=O)C(=O)N=CC(C)C(F)(F)F. The van der Waals surface area contributed by atoms with Gasteiger partial charge in [-0.25, -0.2) is 4.99 Å². The van der Waals surface area contributed by atoms with Gasteiger partial charge < -0.3 is 0 Å². The van der Waals surface area contributed by atoms with Crippen LogP contribution in [0.15, 0.2) is 4.99 Å². The van der Waals surface area contributed by atoms with Crippen LogP contribution in [0.3, 0.4) is 0 Å². The molecule has 0 saturated carbocycles. The number of alkyl halides is 3. The Balaban J connectivity index is 4.29. The number of hydrogen-bond donors (Lipinski definition) is 0. The molecule has 0 aromatic rings. The summed E-state index contributed by atoms with van der Waals surface area (Å²) >= 11 is 0. The van der Waals surface area contributed by atoms with E-state index in [0.717, 1.165) is 13.8 Å². The van der Waals surface area contributed by atoms with Crippen LogP contribution in [0.4, 0.5) is 13.2 Å². The molecule has 0 aromatic carbocycles. The van der Waals surface area contributed by atoms with E-state index in [-0.39, 0.29) is 0 Å². The first-order valence-electron chi connectivity index (χ1n) is 3.41. The molecular formula is C7H8F3NO2. The fourth-order valence-corrected chi connectivity index (χ4v) is 0.355. The molecule has 0 N–H and O–H groups in total. The molecule has 0 spiro atoms. The lowest BCUT2D eigenvalue weighted by atomic mass is 10.2. The second kappa shape index (κ2) is 4.15. The summed E-state index contributed by atoms with van der Waals surface area (Å²) in [6.45, 7) is 1.79. The van der Waals surface area contributed by atoms with Crippen molar-refractivity contribution >= 4 is 17.9 Å². The highest BCUT2D eigenvalue weighted by Crippen LogP contribution is 2.23. The highest BCUT2D eigenvalue weighted by molar-refractivity contribution is 6.36. The van der Waals surface area contributed by atoms with Crippen LogP contribution in [0.25, 0.3) is 0 Å². The van der Waals surface area contributed by atoms with E-state index in [4.69, 9.17) is 0 Å². The predicted octanol–water partition coefficient (Wildman–Crippen LogP) is 1.37. The lowest BCUT2D eigenvalue weighted by Crippen LogP contribution is -2.21. The van der Waals surface area contributed by atoms with E-state index in [1.165, 1.54) is 0 Å². The third-order valence-electron chi connectivity index (χ3n) is 1.23. The van der Waals surface area contributed by atoms with Crippen LogP contribution in [-0.4, -0.2) is 24.1 Å². The molecule has 0 aliphatic rings. The number of ketones is 1. The number of carbonyl (C=O) groups is 2. The molecular weight excluding hydrogens is 187 g/mol. The second-order valence-corrected chi connectivity index (χ2v) is 2.47. The van der Waals surface area contributed by atoms with Crippen LogP contribution in [0, 0.1) is 5.92 Å². The van der Waals surface area contributed by atoms with Crippen LogP contribution in [0.1, 0.15) is 13.8 Å². The molecule has 13 heavy (non-hydrogen) atoms. The Morgan fingerprint density at radius 1 is 1.38 bits per heavy atom. The van der Waals surface area contributed by atoms with Crippen molar-refractivity contribution in [3.05, 3.63) is 0 Å². The normalized spacial score (nSPS) is 14.5. The second-order valence-electron chi connectivity index (χ2n) is 2.47. The number of amides is 1. The largest absolute Gasteiger partial charge is 0.396 e. The monoisotopic (exact) mass is 195 g/mol. The number of rotatable bonds is 2. The summed E-state index contributed by atoms with van der Waals surface area (Å²) in [5, 5.41) is 0. The van der Waals surface area contributed by atoms with Gasteiger partial charge in [0, 0.05) is 13.1 Å². The molecule has 0 fully saturated rings. The van der Waals surface area contributed by atoms with Gasteiger partial charge in [0.05, 0.1) is 5.92 Å². The van der Waals surface area contributed by atoms with Crippen LogP contribution in [-0.2, 0) is 9.59 Å². The minimum absolute atomic E-state index is 0.420. The molecule has 0 rings (SSSR count). The number of Topliss-reactive ketones (excluding diaryl/α,β-unsaturated/α-hetero) is 1. The van der Waals surface area contributed by atoms with E-state index >= 15 is 0 Å². The van der Waals surface area contributed by atoms with Crippen molar-refractivity contribution in [2.75, 3.05) is 0 Å². The Bertz CT molecular complexity index is 245.